The maximum absolute atomic E-state index is 13.5. The topological polar surface area (TPSA) is 94.7 Å². The molecule has 0 saturated carbocycles. The second kappa shape index (κ2) is 8.55. The summed E-state index contributed by atoms with van der Waals surface area (Å²) in [4.78, 5) is 44.5. The predicted molar refractivity (Wildman–Crippen MR) is 128 cm³/mol. The average Bonchev–Trinajstić information content (AvgIpc) is 3.44. The van der Waals surface area contributed by atoms with Crippen molar-refractivity contribution in [2.24, 2.45) is 5.92 Å². The molecule has 2 fully saturated rings. The molecule has 9 nitrogen and oxygen atoms in total. The Bertz CT molecular complexity index is 1090. The number of hydrogen-bond donors (Lipinski definition) is 1. The summed E-state index contributed by atoms with van der Waals surface area (Å²) in [7, 11) is 0. The zero-order valence-corrected chi connectivity index (χ0v) is 20.1. The van der Waals surface area contributed by atoms with Gasteiger partial charge in [0.1, 0.15) is 23.4 Å². The van der Waals surface area contributed by atoms with Gasteiger partial charge in [-0.25, -0.2) is 14.8 Å². The minimum absolute atomic E-state index is 0.0178. The van der Waals surface area contributed by atoms with Gasteiger partial charge in [-0.2, -0.15) is 0 Å². The van der Waals surface area contributed by atoms with Crippen LogP contribution in [-0.4, -0.2) is 80.3 Å². The number of rotatable bonds is 2. The van der Waals surface area contributed by atoms with E-state index in [0.29, 0.717) is 23.9 Å². The molecule has 5 heterocycles. The van der Waals surface area contributed by atoms with Gasteiger partial charge in [-0.3, -0.25) is 4.79 Å². The van der Waals surface area contributed by atoms with Crippen LogP contribution in [0.15, 0.2) is 29.7 Å². The standard InChI is InChI=1S/C23H30N6O3S/c1-23(2,3)32-22(31)29-9-6-15-5-8-28(12-17(15)29)21(30)18-13-27(10-11-33-18)20-16-4-7-24-19(16)25-14-26-20/h4,7,13-15,17H,5-6,8-12H2,1-3H3,(H,24,25,26)/t15-,17-/m1/s1. The molecule has 0 bridgehead atoms. The van der Waals surface area contributed by atoms with E-state index in [-0.39, 0.29) is 18.0 Å². The third-order valence-corrected chi connectivity index (χ3v) is 7.43. The van der Waals surface area contributed by atoms with Crippen LogP contribution in [0, 0.1) is 5.92 Å². The van der Waals surface area contributed by atoms with Crippen LogP contribution < -0.4 is 4.90 Å². The van der Waals surface area contributed by atoms with E-state index in [1.165, 1.54) is 0 Å². The van der Waals surface area contributed by atoms with Crippen molar-refractivity contribution < 1.29 is 14.3 Å². The van der Waals surface area contributed by atoms with E-state index in [2.05, 4.69) is 15.0 Å². The van der Waals surface area contributed by atoms with Crippen LogP contribution in [-0.2, 0) is 9.53 Å². The molecule has 0 aliphatic carbocycles. The molecule has 0 unspecified atom stereocenters. The summed E-state index contributed by atoms with van der Waals surface area (Å²) < 4.78 is 5.62. The highest BCUT2D eigenvalue weighted by molar-refractivity contribution is 8.04. The summed E-state index contributed by atoms with van der Waals surface area (Å²) in [6.07, 6.45) is 6.91. The summed E-state index contributed by atoms with van der Waals surface area (Å²) in [6.45, 7) is 8.38. The number of anilines is 1. The number of fused-ring (bicyclic) bond motifs is 2. The maximum Gasteiger partial charge on any atom is 0.410 e. The van der Waals surface area contributed by atoms with Crippen molar-refractivity contribution in [2.45, 2.75) is 45.3 Å². The Balaban J connectivity index is 1.32. The number of thioether (sulfide) groups is 1. The van der Waals surface area contributed by atoms with E-state index in [1.54, 1.807) is 18.1 Å². The molecule has 1 N–H and O–H groups in total. The van der Waals surface area contributed by atoms with E-state index in [4.69, 9.17) is 4.74 Å². The van der Waals surface area contributed by atoms with Crippen LogP contribution in [0.2, 0.25) is 0 Å². The number of piperidine rings is 1. The van der Waals surface area contributed by atoms with E-state index in [1.807, 2.05) is 53.9 Å². The maximum atomic E-state index is 13.5. The van der Waals surface area contributed by atoms with Crippen molar-refractivity contribution in [3.63, 3.8) is 0 Å². The first-order valence-electron chi connectivity index (χ1n) is 11.5. The molecule has 2 aromatic heterocycles. The third-order valence-electron chi connectivity index (χ3n) is 6.46. The smallest absolute Gasteiger partial charge is 0.410 e. The summed E-state index contributed by atoms with van der Waals surface area (Å²) >= 11 is 1.58. The first-order chi connectivity index (χ1) is 15.8. The lowest BCUT2D eigenvalue weighted by Gasteiger charge is -2.39. The van der Waals surface area contributed by atoms with Crippen molar-refractivity contribution in [3.05, 3.63) is 29.7 Å². The Morgan fingerprint density at radius 3 is 2.82 bits per heavy atom. The van der Waals surface area contributed by atoms with Crippen LogP contribution in [0.5, 0.6) is 0 Å². The number of carbonyl (C=O) groups excluding carboxylic acids is 2. The average molecular weight is 471 g/mol. The van der Waals surface area contributed by atoms with E-state index in [0.717, 1.165) is 48.5 Å². The summed E-state index contributed by atoms with van der Waals surface area (Å²) in [5, 5.41) is 0.937. The number of hydrogen-bond acceptors (Lipinski definition) is 7. The molecule has 5 rings (SSSR count). The fourth-order valence-corrected chi connectivity index (χ4v) is 5.86. The first kappa shape index (κ1) is 22.1. The molecular weight excluding hydrogens is 440 g/mol. The van der Waals surface area contributed by atoms with E-state index >= 15 is 0 Å². The van der Waals surface area contributed by atoms with Crippen molar-refractivity contribution in [1.82, 2.24) is 24.8 Å². The number of nitrogens with one attached hydrogen (secondary N) is 1. The normalized spacial score (nSPS) is 23.5. The Kier molecular flexibility index (Phi) is 5.72. The highest BCUT2D eigenvalue weighted by Gasteiger charge is 2.43. The quantitative estimate of drug-likeness (QED) is 0.720. The van der Waals surface area contributed by atoms with Crippen molar-refractivity contribution in [2.75, 3.05) is 36.8 Å². The molecule has 3 aliphatic heterocycles. The molecule has 2 aromatic rings. The highest BCUT2D eigenvalue weighted by Crippen LogP contribution is 2.35. The van der Waals surface area contributed by atoms with Gasteiger partial charge in [0, 0.05) is 44.3 Å². The van der Waals surface area contributed by atoms with Gasteiger partial charge in [0.2, 0.25) is 0 Å². The van der Waals surface area contributed by atoms with Crippen LogP contribution >= 0.6 is 11.8 Å². The summed E-state index contributed by atoms with van der Waals surface area (Å²) in [5.74, 6) is 2.06. The van der Waals surface area contributed by atoms with Crippen LogP contribution in [0.25, 0.3) is 11.0 Å². The largest absolute Gasteiger partial charge is 0.444 e. The van der Waals surface area contributed by atoms with Crippen LogP contribution in [0.4, 0.5) is 10.6 Å². The van der Waals surface area contributed by atoms with Crippen LogP contribution in [0.1, 0.15) is 33.6 Å². The second-order valence-corrected chi connectivity index (χ2v) is 10.9. The lowest BCUT2D eigenvalue weighted by molar-refractivity contribution is -0.128. The Morgan fingerprint density at radius 2 is 2.00 bits per heavy atom. The lowest BCUT2D eigenvalue weighted by atomic mass is 9.92. The minimum atomic E-state index is -0.530. The molecule has 176 valence electrons. The van der Waals surface area contributed by atoms with E-state index in [9.17, 15) is 9.59 Å². The van der Waals surface area contributed by atoms with Crippen LogP contribution in [0.3, 0.4) is 0 Å². The fraction of sp³-hybridized carbons (Fsp3) is 0.565. The number of H-pyrrole nitrogens is 1. The Morgan fingerprint density at radius 1 is 1.18 bits per heavy atom. The van der Waals surface area contributed by atoms with Crippen molar-refractivity contribution in [3.8, 4) is 0 Å². The molecule has 0 radical (unpaired) electrons. The van der Waals surface area contributed by atoms with Gasteiger partial charge in [-0.1, -0.05) is 0 Å². The lowest BCUT2D eigenvalue weighted by Crippen LogP contribution is -2.52. The molecule has 10 heteroatoms. The first-order valence-corrected chi connectivity index (χ1v) is 12.5. The van der Waals surface area contributed by atoms with Gasteiger partial charge < -0.3 is 24.4 Å². The fourth-order valence-electron chi connectivity index (χ4n) is 4.90. The van der Waals surface area contributed by atoms with Gasteiger partial charge in [-0.15, -0.1) is 11.8 Å². The number of aromatic amines is 1. The number of likely N-dealkylation sites (tertiary alicyclic amines) is 2. The predicted octanol–water partition coefficient (Wildman–Crippen LogP) is 3.21. The summed E-state index contributed by atoms with van der Waals surface area (Å²) in [5.41, 5.74) is 0.253. The number of nitrogens with zero attached hydrogens (tertiary/aromatic N) is 5. The molecule has 0 aromatic carbocycles. The van der Waals surface area contributed by atoms with Gasteiger partial charge in [-0.05, 0) is 45.6 Å². The number of ether oxygens (including phenoxy) is 1. The zero-order chi connectivity index (χ0) is 23.2. The minimum Gasteiger partial charge on any atom is -0.444 e. The molecule has 33 heavy (non-hydrogen) atoms. The van der Waals surface area contributed by atoms with E-state index < -0.39 is 5.60 Å². The van der Waals surface area contributed by atoms with Crippen molar-refractivity contribution >= 4 is 40.6 Å². The molecular formula is C23H30N6O3S. The molecule has 2 saturated heterocycles. The number of aromatic nitrogens is 3. The van der Waals surface area contributed by atoms with Crippen molar-refractivity contribution in [1.29, 1.82) is 0 Å². The second-order valence-electron chi connectivity index (χ2n) is 9.80. The van der Waals surface area contributed by atoms with Gasteiger partial charge in [0.05, 0.1) is 16.3 Å². The SMILES string of the molecule is CC(C)(C)OC(=O)N1CC[C@H]2CCN(C(=O)C3=CN(c4ncnc5[nH]ccc45)CCS3)C[C@H]21. The molecule has 3 aliphatic rings. The van der Waals surface area contributed by atoms with Gasteiger partial charge in [0.15, 0.2) is 0 Å². The number of carbonyl (C=O) groups is 2. The monoisotopic (exact) mass is 470 g/mol. The highest BCUT2D eigenvalue weighted by atomic mass is 32.2. The zero-order valence-electron chi connectivity index (χ0n) is 19.3. The van der Waals surface area contributed by atoms with Gasteiger partial charge >= 0.3 is 6.09 Å². The molecule has 0 spiro atoms. The third kappa shape index (κ3) is 4.40. The molecule has 2 atom stereocenters. The molecule has 2 amide bonds. The number of amides is 2. The Hall–Kier alpha value is -2.75. The van der Waals surface area contributed by atoms with Gasteiger partial charge in [0.25, 0.3) is 5.91 Å². The Labute approximate surface area is 197 Å². The summed E-state index contributed by atoms with van der Waals surface area (Å²) in [6, 6.07) is 1.97.